The van der Waals surface area contributed by atoms with Gasteiger partial charge in [0.25, 0.3) is 0 Å². The molecule has 0 aromatic rings. The Bertz CT molecular complexity index is 186. The van der Waals surface area contributed by atoms with Gasteiger partial charge in [-0.15, -0.1) is 0 Å². The van der Waals surface area contributed by atoms with E-state index in [-0.39, 0.29) is 11.9 Å². The zero-order chi connectivity index (χ0) is 11.7. The fourth-order valence-corrected chi connectivity index (χ4v) is 1.17. The summed E-state index contributed by atoms with van der Waals surface area (Å²) in [6.07, 6.45) is 1.62. The summed E-state index contributed by atoms with van der Waals surface area (Å²) < 4.78 is 5.38. The Morgan fingerprint density at radius 3 is 2.73 bits per heavy atom. The molecular formula is C10H23N3O2. The molecule has 0 amide bonds. The number of amidine groups is 1. The van der Waals surface area contributed by atoms with Crippen LogP contribution in [0.25, 0.3) is 0 Å². The van der Waals surface area contributed by atoms with Gasteiger partial charge in [0.2, 0.25) is 0 Å². The average Bonchev–Trinajstić information content (AvgIpc) is 2.23. The lowest BCUT2D eigenvalue weighted by Crippen LogP contribution is -2.35. The molecule has 0 radical (unpaired) electrons. The first-order valence-electron chi connectivity index (χ1n) is 5.36. The van der Waals surface area contributed by atoms with E-state index in [1.807, 2.05) is 14.0 Å². The van der Waals surface area contributed by atoms with Crippen molar-refractivity contribution in [3.8, 4) is 0 Å². The Morgan fingerprint density at radius 2 is 2.20 bits per heavy atom. The van der Waals surface area contributed by atoms with Crippen molar-refractivity contribution < 1.29 is 9.94 Å². The molecule has 5 heteroatoms. The van der Waals surface area contributed by atoms with Crippen molar-refractivity contribution in [3.63, 3.8) is 0 Å². The van der Waals surface area contributed by atoms with E-state index in [2.05, 4.69) is 17.0 Å². The summed E-state index contributed by atoms with van der Waals surface area (Å²) in [7, 11) is 2.00. The largest absolute Gasteiger partial charge is 0.409 e. The van der Waals surface area contributed by atoms with Gasteiger partial charge in [-0.05, 0) is 20.4 Å². The predicted octanol–water partition coefficient (Wildman–Crippen LogP) is 0.870. The normalized spacial score (nSPS) is 14.5. The molecule has 1 unspecified atom stereocenters. The molecule has 1 atom stereocenters. The van der Waals surface area contributed by atoms with Crippen LogP contribution in [0.15, 0.2) is 5.16 Å². The van der Waals surface area contributed by atoms with Gasteiger partial charge in [-0.3, -0.25) is 0 Å². The summed E-state index contributed by atoms with van der Waals surface area (Å²) in [4.78, 5) is 2.13. The van der Waals surface area contributed by atoms with Crippen LogP contribution in [0.4, 0.5) is 0 Å². The van der Waals surface area contributed by atoms with Crippen LogP contribution in [-0.4, -0.2) is 48.8 Å². The highest BCUT2D eigenvalue weighted by Crippen LogP contribution is 2.00. The third kappa shape index (κ3) is 7.16. The van der Waals surface area contributed by atoms with Crippen LogP contribution in [0.1, 0.15) is 26.7 Å². The lowest BCUT2D eigenvalue weighted by Gasteiger charge is -2.23. The fraction of sp³-hybridized carbons (Fsp3) is 0.900. The van der Waals surface area contributed by atoms with Crippen molar-refractivity contribution in [2.75, 3.05) is 26.8 Å². The molecule has 0 aromatic carbocycles. The van der Waals surface area contributed by atoms with Crippen molar-refractivity contribution in [2.24, 2.45) is 10.9 Å². The topological polar surface area (TPSA) is 71.1 Å². The minimum absolute atomic E-state index is 0.256. The standard InChI is InChI=1S/C10H23N3O2/c1-4-6-15-7-5-13(3)9(2)8-10(11)12-14/h9,14H,4-8H2,1-3H3,(H2,11,12). The molecule has 0 aliphatic rings. The maximum atomic E-state index is 8.43. The average molecular weight is 217 g/mol. The monoisotopic (exact) mass is 217 g/mol. The van der Waals surface area contributed by atoms with Crippen LogP contribution in [0, 0.1) is 0 Å². The first-order valence-corrected chi connectivity index (χ1v) is 5.36. The van der Waals surface area contributed by atoms with Gasteiger partial charge in [-0.2, -0.15) is 0 Å². The highest BCUT2D eigenvalue weighted by Gasteiger charge is 2.10. The van der Waals surface area contributed by atoms with Crippen molar-refractivity contribution in [2.45, 2.75) is 32.7 Å². The maximum absolute atomic E-state index is 8.43. The molecule has 3 N–H and O–H groups in total. The number of oxime groups is 1. The SMILES string of the molecule is CCCOCCN(C)C(C)CC(N)=NO. The first-order chi connectivity index (χ1) is 7.11. The van der Waals surface area contributed by atoms with Gasteiger partial charge in [0.15, 0.2) is 0 Å². The van der Waals surface area contributed by atoms with E-state index in [4.69, 9.17) is 15.7 Å². The van der Waals surface area contributed by atoms with E-state index >= 15 is 0 Å². The van der Waals surface area contributed by atoms with Gasteiger partial charge < -0.3 is 20.6 Å². The molecule has 0 fully saturated rings. The molecule has 0 aliphatic heterocycles. The summed E-state index contributed by atoms with van der Waals surface area (Å²) in [5, 5.41) is 11.4. The van der Waals surface area contributed by atoms with Crippen LogP contribution in [0.3, 0.4) is 0 Å². The molecule has 0 saturated carbocycles. The molecule has 0 saturated heterocycles. The van der Waals surface area contributed by atoms with E-state index in [0.717, 1.165) is 26.2 Å². The summed E-state index contributed by atoms with van der Waals surface area (Å²) in [5.41, 5.74) is 5.43. The zero-order valence-corrected chi connectivity index (χ0v) is 9.94. The first kappa shape index (κ1) is 14.2. The number of ether oxygens (including phenoxy) is 1. The molecule has 0 rings (SSSR count). The summed E-state index contributed by atoms with van der Waals surface area (Å²) >= 11 is 0. The minimum Gasteiger partial charge on any atom is -0.409 e. The van der Waals surface area contributed by atoms with E-state index in [1.54, 1.807) is 0 Å². The van der Waals surface area contributed by atoms with E-state index in [0.29, 0.717) is 6.42 Å². The Labute approximate surface area is 91.9 Å². The van der Waals surface area contributed by atoms with Crippen LogP contribution in [0.5, 0.6) is 0 Å². The smallest absolute Gasteiger partial charge is 0.140 e. The van der Waals surface area contributed by atoms with Crippen molar-refractivity contribution >= 4 is 5.84 Å². The van der Waals surface area contributed by atoms with E-state index in [1.165, 1.54) is 0 Å². The number of nitrogens with zero attached hydrogens (tertiary/aromatic N) is 2. The number of hydrogen-bond donors (Lipinski definition) is 2. The molecule has 0 aliphatic carbocycles. The third-order valence-electron chi connectivity index (χ3n) is 2.32. The molecular weight excluding hydrogens is 194 g/mol. The second-order valence-electron chi connectivity index (χ2n) is 3.74. The molecule has 0 spiro atoms. The molecule has 90 valence electrons. The minimum atomic E-state index is 0.256. The van der Waals surface area contributed by atoms with Crippen LogP contribution in [0.2, 0.25) is 0 Å². The number of nitrogens with two attached hydrogens (primary N) is 1. The van der Waals surface area contributed by atoms with E-state index < -0.39 is 0 Å². The highest BCUT2D eigenvalue weighted by atomic mass is 16.5. The second-order valence-corrected chi connectivity index (χ2v) is 3.74. The van der Waals surface area contributed by atoms with Crippen LogP contribution >= 0.6 is 0 Å². The van der Waals surface area contributed by atoms with Crippen LogP contribution < -0.4 is 5.73 Å². The summed E-state index contributed by atoms with van der Waals surface area (Å²) in [6.45, 7) is 6.52. The Kier molecular flexibility index (Phi) is 8.04. The summed E-state index contributed by atoms with van der Waals surface area (Å²) in [6, 6.07) is 0.256. The molecule has 5 nitrogen and oxygen atoms in total. The Morgan fingerprint density at radius 1 is 1.53 bits per heavy atom. The lowest BCUT2D eigenvalue weighted by atomic mass is 10.2. The molecule has 15 heavy (non-hydrogen) atoms. The van der Waals surface area contributed by atoms with Gasteiger partial charge >= 0.3 is 0 Å². The molecule has 0 heterocycles. The van der Waals surface area contributed by atoms with Gasteiger partial charge in [-0.25, -0.2) is 0 Å². The van der Waals surface area contributed by atoms with Crippen molar-refractivity contribution in [1.82, 2.24) is 4.90 Å². The highest BCUT2D eigenvalue weighted by molar-refractivity contribution is 5.80. The van der Waals surface area contributed by atoms with E-state index in [9.17, 15) is 0 Å². The van der Waals surface area contributed by atoms with Gasteiger partial charge in [0.05, 0.1) is 6.61 Å². The number of hydrogen-bond acceptors (Lipinski definition) is 4. The summed E-state index contributed by atoms with van der Waals surface area (Å²) in [5.74, 6) is 0.267. The Hall–Kier alpha value is -0.810. The number of likely N-dealkylation sites (N-methyl/N-ethyl adjacent to an activating group) is 1. The second kappa shape index (κ2) is 8.49. The maximum Gasteiger partial charge on any atom is 0.140 e. The third-order valence-corrected chi connectivity index (χ3v) is 2.32. The predicted molar refractivity (Wildman–Crippen MR) is 61.2 cm³/mol. The fourth-order valence-electron chi connectivity index (χ4n) is 1.17. The van der Waals surface area contributed by atoms with Gasteiger partial charge in [0.1, 0.15) is 5.84 Å². The van der Waals surface area contributed by atoms with Crippen molar-refractivity contribution in [3.05, 3.63) is 0 Å². The number of rotatable bonds is 8. The van der Waals surface area contributed by atoms with Crippen LogP contribution in [-0.2, 0) is 4.74 Å². The van der Waals surface area contributed by atoms with Gasteiger partial charge in [0, 0.05) is 25.6 Å². The quantitative estimate of drug-likeness (QED) is 0.208. The van der Waals surface area contributed by atoms with Gasteiger partial charge in [-0.1, -0.05) is 12.1 Å². The molecule has 0 bridgehead atoms. The lowest BCUT2D eigenvalue weighted by molar-refractivity contribution is 0.102. The molecule has 0 aromatic heterocycles. The zero-order valence-electron chi connectivity index (χ0n) is 9.94. The Balaban J connectivity index is 3.64. The van der Waals surface area contributed by atoms with Crippen molar-refractivity contribution in [1.29, 1.82) is 0 Å².